The van der Waals surface area contributed by atoms with Crippen molar-refractivity contribution in [3.8, 4) is 0 Å². The zero-order chi connectivity index (χ0) is 8.41. The van der Waals surface area contributed by atoms with Crippen LogP contribution in [0.5, 0.6) is 0 Å². The zero-order valence-corrected chi connectivity index (χ0v) is 11.1. The molecule has 0 aromatic rings. The van der Waals surface area contributed by atoms with Crippen molar-refractivity contribution in [3.05, 3.63) is 6.92 Å². The first-order valence-corrected chi connectivity index (χ1v) is 3.70. The number of carboxylic acid groups (broad SMARTS) is 1. The Morgan fingerprint density at radius 1 is 1.36 bits per heavy atom. The van der Waals surface area contributed by atoms with Crippen molar-refractivity contribution < 1.29 is 45.5 Å². The summed E-state index contributed by atoms with van der Waals surface area (Å²) in [6, 6.07) is 0. The van der Waals surface area contributed by atoms with Gasteiger partial charge in [-0.3, -0.25) is 4.79 Å². The van der Waals surface area contributed by atoms with E-state index in [1.165, 1.54) is 0 Å². The van der Waals surface area contributed by atoms with Gasteiger partial charge in [0.25, 0.3) is 0 Å². The summed E-state index contributed by atoms with van der Waals surface area (Å²) < 4.78 is 0. The number of rotatable bonds is 4. The maximum atomic E-state index is 9.87. The van der Waals surface area contributed by atoms with Gasteiger partial charge in [0.1, 0.15) is 0 Å². The largest absolute Gasteiger partial charge is 0.481 e. The fraction of sp³-hybridized carbons (Fsp3) is 0.750. The first-order chi connectivity index (χ1) is 4.77. The number of unbranched alkanes of at least 4 members (excludes halogenated alkanes) is 2. The van der Waals surface area contributed by atoms with Gasteiger partial charge in [-0.2, -0.15) is 6.92 Å². The molecule has 0 aromatic carbocycles. The summed E-state index contributed by atoms with van der Waals surface area (Å²) >= 11 is 0. The van der Waals surface area contributed by atoms with Crippen LogP contribution in [0.1, 0.15) is 39.5 Å². The second-order valence-electron chi connectivity index (χ2n) is 1.85. The van der Waals surface area contributed by atoms with Crippen LogP contribution in [-0.2, 0) is 4.79 Å². The van der Waals surface area contributed by atoms with Gasteiger partial charge in [0, 0.05) is 42.0 Å². The van der Waals surface area contributed by atoms with Gasteiger partial charge < -0.3 is 12.0 Å². The van der Waals surface area contributed by atoms with Crippen molar-refractivity contribution in [2.24, 2.45) is 0 Å². The number of carboxylic acids is 1. The van der Waals surface area contributed by atoms with Crippen molar-refractivity contribution >= 4 is 5.97 Å². The van der Waals surface area contributed by atoms with Gasteiger partial charge in [0.05, 0.1) is 0 Å². The normalized spacial score (nSPS) is 7.18. The second kappa shape index (κ2) is 17.0. The van der Waals surface area contributed by atoms with Gasteiger partial charge in [-0.15, -0.1) is 0 Å². The smallest absolute Gasteiger partial charge is 0.303 e. The van der Waals surface area contributed by atoms with Crippen molar-refractivity contribution in [3.63, 3.8) is 0 Å². The maximum absolute atomic E-state index is 9.87. The van der Waals surface area contributed by atoms with E-state index >= 15 is 0 Å². The molecule has 0 spiro atoms. The van der Waals surface area contributed by atoms with Gasteiger partial charge in [0.15, 0.2) is 0 Å². The third-order valence-electron chi connectivity index (χ3n) is 0.994. The second-order valence-corrected chi connectivity index (χ2v) is 1.85. The average Bonchev–Trinajstić information content (AvgIpc) is 1.92. The van der Waals surface area contributed by atoms with Crippen molar-refractivity contribution in [1.29, 1.82) is 0 Å². The standard InChI is InChI=1S/C6H12O2.C2H5.La/c1-2-3-4-5-6(7)8;1-2;/h2-5H2,1H3,(H,7,8);1H2,2H3;/q;-1;. The van der Waals surface area contributed by atoms with E-state index in [4.69, 9.17) is 5.11 Å². The molecule has 1 N–H and O–H groups in total. The van der Waals surface area contributed by atoms with Crippen LogP contribution < -0.4 is 0 Å². The molecule has 0 heterocycles. The van der Waals surface area contributed by atoms with Gasteiger partial charge in [0.2, 0.25) is 0 Å². The monoisotopic (exact) mass is 284 g/mol. The molecule has 11 heavy (non-hydrogen) atoms. The Morgan fingerprint density at radius 2 is 1.82 bits per heavy atom. The number of hydrogen-bond donors (Lipinski definition) is 1. The van der Waals surface area contributed by atoms with Crippen LogP contribution in [0.4, 0.5) is 0 Å². The minimum Gasteiger partial charge on any atom is -0.481 e. The minimum atomic E-state index is -0.682. The molecule has 0 aliphatic rings. The molecule has 0 amide bonds. The first-order valence-electron chi connectivity index (χ1n) is 3.70. The summed E-state index contributed by atoms with van der Waals surface area (Å²) in [6.07, 6.45) is 3.28. The van der Waals surface area contributed by atoms with Gasteiger partial charge in [-0.1, -0.05) is 19.8 Å². The molecule has 0 aliphatic heterocycles. The van der Waals surface area contributed by atoms with Gasteiger partial charge in [-0.05, 0) is 6.42 Å². The Morgan fingerprint density at radius 3 is 2.09 bits per heavy atom. The molecule has 1 radical (unpaired) electrons. The molecule has 2 nitrogen and oxygen atoms in total. The predicted molar refractivity (Wildman–Crippen MR) is 42.8 cm³/mol. The van der Waals surface area contributed by atoms with E-state index in [0.717, 1.165) is 19.3 Å². The zero-order valence-electron chi connectivity index (χ0n) is 7.47. The third kappa shape index (κ3) is 25.0. The van der Waals surface area contributed by atoms with E-state index < -0.39 is 5.97 Å². The fourth-order valence-corrected chi connectivity index (χ4v) is 0.526. The average molecular weight is 284 g/mol. The van der Waals surface area contributed by atoms with Crippen LogP contribution in [-0.4, -0.2) is 11.1 Å². The van der Waals surface area contributed by atoms with Crippen molar-refractivity contribution in [1.82, 2.24) is 0 Å². The quantitative estimate of drug-likeness (QED) is 0.636. The molecule has 0 fully saturated rings. The molecule has 0 bridgehead atoms. The Balaban J connectivity index is -0.000000196. The molecule has 0 atom stereocenters. The molecule has 65 valence electrons. The van der Waals surface area contributed by atoms with Crippen LogP contribution in [0, 0.1) is 42.5 Å². The Bertz CT molecular complexity index is 74.5. The summed E-state index contributed by atoms with van der Waals surface area (Å²) in [6.45, 7) is 7.06. The number of aliphatic carboxylic acids is 1. The third-order valence-corrected chi connectivity index (χ3v) is 0.994. The summed E-state index contributed by atoms with van der Waals surface area (Å²) in [4.78, 5) is 9.87. The SMILES string of the molecule is CCCCCC(=O)O.[CH2-]C.[La]. The maximum Gasteiger partial charge on any atom is 0.303 e. The molecular weight excluding hydrogens is 267 g/mol. The predicted octanol–water partition coefficient (Wildman–Crippen LogP) is 2.49. The van der Waals surface area contributed by atoms with E-state index in [-0.39, 0.29) is 35.6 Å². The molecule has 0 rings (SSSR count). The topological polar surface area (TPSA) is 37.3 Å². The molecule has 0 saturated carbocycles. The summed E-state index contributed by atoms with van der Waals surface area (Å²) in [5.41, 5.74) is 0. The Hall–Kier alpha value is 0.665. The first kappa shape index (κ1) is 17.7. The Kier molecular flexibility index (Phi) is 27.2. The molecular formula is C8H17LaO2-. The molecule has 0 unspecified atom stereocenters. The molecule has 0 saturated heterocycles. The van der Waals surface area contributed by atoms with E-state index in [1.54, 1.807) is 6.92 Å². The van der Waals surface area contributed by atoms with Crippen LogP contribution in [0.3, 0.4) is 0 Å². The fourth-order valence-electron chi connectivity index (χ4n) is 0.526. The number of hydrogen-bond acceptors (Lipinski definition) is 1. The van der Waals surface area contributed by atoms with Crippen LogP contribution in [0.15, 0.2) is 0 Å². The van der Waals surface area contributed by atoms with E-state index in [9.17, 15) is 4.79 Å². The summed E-state index contributed by atoms with van der Waals surface area (Å²) in [5.74, 6) is -0.682. The van der Waals surface area contributed by atoms with Crippen LogP contribution in [0.2, 0.25) is 0 Å². The summed E-state index contributed by atoms with van der Waals surface area (Å²) in [5, 5.41) is 8.14. The van der Waals surface area contributed by atoms with Gasteiger partial charge in [-0.25, -0.2) is 0 Å². The van der Waals surface area contributed by atoms with Crippen LogP contribution >= 0.6 is 0 Å². The molecule has 3 heteroatoms. The summed E-state index contributed by atoms with van der Waals surface area (Å²) in [7, 11) is 0. The molecule has 0 aliphatic carbocycles. The van der Waals surface area contributed by atoms with E-state index in [1.807, 2.05) is 0 Å². The van der Waals surface area contributed by atoms with Crippen molar-refractivity contribution in [2.75, 3.05) is 0 Å². The molecule has 0 aromatic heterocycles. The van der Waals surface area contributed by atoms with E-state index in [2.05, 4.69) is 13.8 Å². The van der Waals surface area contributed by atoms with Crippen LogP contribution in [0.25, 0.3) is 0 Å². The van der Waals surface area contributed by atoms with E-state index in [0.29, 0.717) is 6.42 Å². The Labute approximate surface area is 97.4 Å². The van der Waals surface area contributed by atoms with Gasteiger partial charge >= 0.3 is 5.97 Å². The number of carbonyl (C=O) groups is 1. The minimum absolute atomic E-state index is 0. The van der Waals surface area contributed by atoms with Crippen molar-refractivity contribution in [2.45, 2.75) is 39.5 Å².